The molecule has 0 radical (unpaired) electrons. The monoisotopic (exact) mass is 241 g/mol. The van der Waals surface area contributed by atoms with E-state index in [0.29, 0.717) is 32.1 Å². The number of thiol groups is 1. The Morgan fingerprint density at radius 1 is 1.25 bits per heavy atom. The molecule has 1 aromatic carbocycles. The summed E-state index contributed by atoms with van der Waals surface area (Å²) in [7, 11) is 0. The molecule has 0 atom stereocenters. The predicted octanol–water partition coefficient (Wildman–Crippen LogP) is 3.66. The first-order valence-corrected chi connectivity index (χ1v) is 4.87. The topological polar surface area (TPSA) is 26.0 Å². The normalized spacial score (nSPS) is 10.3. The number of hydrogen-bond acceptors (Lipinski definition) is 2. The molecule has 1 aromatic rings. The summed E-state index contributed by atoms with van der Waals surface area (Å²) < 4.78 is 0. The van der Waals surface area contributed by atoms with Crippen molar-refractivity contribution < 1.29 is 0 Å². The molecule has 0 heterocycles. The van der Waals surface area contributed by atoms with Gasteiger partial charge in [-0.05, 0) is 6.07 Å². The second-order valence-corrected chi connectivity index (χ2v) is 3.71. The number of halogens is 3. The molecule has 1 nitrogen and oxygen atoms in total. The Morgan fingerprint density at radius 3 is 2.33 bits per heavy atom. The molecule has 0 saturated carbocycles. The van der Waals surface area contributed by atoms with Crippen LogP contribution in [0.5, 0.6) is 0 Å². The van der Waals surface area contributed by atoms with Gasteiger partial charge in [-0.1, -0.05) is 34.8 Å². The highest BCUT2D eigenvalue weighted by atomic mass is 35.5. The van der Waals surface area contributed by atoms with E-state index in [4.69, 9.17) is 40.5 Å². The third-order valence-electron chi connectivity index (χ3n) is 1.46. The van der Waals surface area contributed by atoms with Gasteiger partial charge < -0.3 is 5.73 Å². The summed E-state index contributed by atoms with van der Waals surface area (Å²) >= 11 is 21.5. The van der Waals surface area contributed by atoms with Crippen LogP contribution >= 0.6 is 47.4 Å². The van der Waals surface area contributed by atoms with E-state index < -0.39 is 0 Å². The zero-order valence-electron chi connectivity index (χ0n) is 5.94. The molecule has 0 saturated heterocycles. The number of nitrogen functional groups attached to an aromatic ring is 1. The first-order chi connectivity index (χ1) is 5.57. The Bertz CT molecular complexity index is 314. The van der Waals surface area contributed by atoms with Gasteiger partial charge in [-0.3, -0.25) is 0 Å². The maximum atomic E-state index is 5.86. The lowest BCUT2D eigenvalue weighted by Crippen LogP contribution is -1.92. The molecule has 0 aromatic heterocycles. The maximum Gasteiger partial charge on any atom is 0.0705 e. The Labute approximate surface area is 91.2 Å². The molecule has 5 heteroatoms. The minimum absolute atomic E-state index is 0.354. The zero-order valence-corrected chi connectivity index (χ0v) is 9.11. The number of benzene rings is 1. The molecule has 0 fully saturated rings. The molecule has 0 bridgehead atoms. The van der Waals surface area contributed by atoms with Crippen LogP contribution in [0.4, 0.5) is 5.69 Å². The predicted molar refractivity (Wildman–Crippen MR) is 58.6 cm³/mol. The van der Waals surface area contributed by atoms with Crippen molar-refractivity contribution in [3.05, 3.63) is 26.7 Å². The van der Waals surface area contributed by atoms with Crippen molar-refractivity contribution in [3.63, 3.8) is 0 Å². The Kier molecular flexibility index (Phi) is 3.41. The van der Waals surface area contributed by atoms with Crippen molar-refractivity contribution in [1.82, 2.24) is 0 Å². The van der Waals surface area contributed by atoms with E-state index >= 15 is 0 Å². The standard InChI is InChI=1S/C7H6Cl3NS/c8-4-1-5(9)7(11)6(10)3(4)2-12/h1,12H,2,11H2. The number of hydrogen-bond donors (Lipinski definition) is 2. The molecular weight excluding hydrogens is 237 g/mol. The van der Waals surface area contributed by atoms with E-state index in [1.165, 1.54) is 0 Å². The van der Waals surface area contributed by atoms with Gasteiger partial charge in [0.25, 0.3) is 0 Å². The summed E-state index contributed by atoms with van der Waals surface area (Å²) in [6.07, 6.45) is 0. The van der Waals surface area contributed by atoms with Gasteiger partial charge in [0.15, 0.2) is 0 Å². The fourth-order valence-electron chi connectivity index (χ4n) is 0.793. The molecule has 0 aliphatic heterocycles. The van der Waals surface area contributed by atoms with Crippen LogP contribution in [0, 0.1) is 0 Å². The van der Waals surface area contributed by atoms with Crippen LogP contribution in [0.15, 0.2) is 6.07 Å². The highest BCUT2D eigenvalue weighted by Gasteiger charge is 2.10. The van der Waals surface area contributed by atoms with Crippen molar-refractivity contribution in [2.45, 2.75) is 5.75 Å². The molecule has 0 aliphatic carbocycles. The number of anilines is 1. The van der Waals surface area contributed by atoms with Gasteiger partial charge in [0.05, 0.1) is 15.7 Å². The largest absolute Gasteiger partial charge is 0.396 e. The van der Waals surface area contributed by atoms with E-state index in [1.54, 1.807) is 6.07 Å². The van der Waals surface area contributed by atoms with Crippen LogP contribution in [-0.2, 0) is 5.75 Å². The number of nitrogens with two attached hydrogens (primary N) is 1. The van der Waals surface area contributed by atoms with Crippen molar-refractivity contribution >= 4 is 53.1 Å². The van der Waals surface area contributed by atoms with Crippen LogP contribution < -0.4 is 5.73 Å². The van der Waals surface area contributed by atoms with Gasteiger partial charge in [-0.25, -0.2) is 0 Å². The van der Waals surface area contributed by atoms with Gasteiger partial charge in [-0.2, -0.15) is 12.6 Å². The molecule has 2 N–H and O–H groups in total. The van der Waals surface area contributed by atoms with E-state index in [1.807, 2.05) is 0 Å². The highest BCUT2D eigenvalue weighted by Crippen LogP contribution is 2.36. The molecule has 0 spiro atoms. The summed E-state index contributed by atoms with van der Waals surface area (Å²) in [5.41, 5.74) is 6.64. The van der Waals surface area contributed by atoms with Crippen LogP contribution in [0.2, 0.25) is 15.1 Å². The van der Waals surface area contributed by atoms with E-state index in [9.17, 15) is 0 Å². The summed E-state index contributed by atoms with van der Waals surface area (Å²) in [6, 6.07) is 1.57. The van der Waals surface area contributed by atoms with Crippen LogP contribution in [0.1, 0.15) is 5.56 Å². The second kappa shape index (κ2) is 3.97. The van der Waals surface area contributed by atoms with Crippen LogP contribution in [0.3, 0.4) is 0 Å². The lowest BCUT2D eigenvalue weighted by Gasteiger charge is -2.07. The summed E-state index contributed by atoms with van der Waals surface area (Å²) in [5, 5.41) is 1.26. The van der Waals surface area contributed by atoms with Gasteiger partial charge in [-0.15, -0.1) is 0 Å². The first kappa shape index (κ1) is 10.3. The van der Waals surface area contributed by atoms with E-state index in [-0.39, 0.29) is 0 Å². The average molecular weight is 243 g/mol. The molecule has 0 amide bonds. The molecular formula is C7H6Cl3NS. The molecule has 1 rings (SSSR count). The molecule has 66 valence electrons. The third-order valence-corrected chi connectivity index (χ3v) is 2.86. The smallest absolute Gasteiger partial charge is 0.0705 e. The highest BCUT2D eigenvalue weighted by molar-refractivity contribution is 7.79. The Morgan fingerprint density at radius 2 is 1.83 bits per heavy atom. The third kappa shape index (κ3) is 1.77. The Hall–Kier alpha value is 0.240. The minimum Gasteiger partial charge on any atom is -0.396 e. The van der Waals surface area contributed by atoms with Gasteiger partial charge in [0.1, 0.15) is 0 Å². The Balaban J connectivity index is 3.40. The zero-order chi connectivity index (χ0) is 9.30. The lowest BCUT2D eigenvalue weighted by molar-refractivity contribution is 1.43. The van der Waals surface area contributed by atoms with E-state index in [2.05, 4.69) is 12.6 Å². The van der Waals surface area contributed by atoms with Crippen LogP contribution in [0.25, 0.3) is 0 Å². The second-order valence-electron chi connectivity index (χ2n) is 2.20. The van der Waals surface area contributed by atoms with Crippen molar-refractivity contribution in [1.29, 1.82) is 0 Å². The average Bonchev–Trinajstić information content (AvgIpc) is 2.01. The van der Waals surface area contributed by atoms with Crippen molar-refractivity contribution in [2.24, 2.45) is 0 Å². The summed E-state index contributed by atoms with van der Waals surface area (Å²) in [6.45, 7) is 0. The summed E-state index contributed by atoms with van der Waals surface area (Å²) in [5.74, 6) is 0.443. The fourth-order valence-corrected chi connectivity index (χ4v) is 2.21. The van der Waals surface area contributed by atoms with E-state index in [0.717, 1.165) is 0 Å². The maximum absolute atomic E-state index is 5.86. The molecule has 0 unspecified atom stereocenters. The first-order valence-electron chi connectivity index (χ1n) is 3.10. The molecule has 0 aliphatic rings. The van der Waals surface area contributed by atoms with Gasteiger partial charge >= 0.3 is 0 Å². The van der Waals surface area contributed by atoms with Gasteiger partial charge in [0.2, 0.25) is 0 Å². The fraction of sp³-hybridized carbons (Fsp3) is 0.143. The SMILES string of the molecule is Nc1c(Cl)cc(Cl)c(CS)c1Cl. The lowest BCUT2D eigenvalue weighted by atomic mass is 10.2. The van der Waals surface area contributed by atoms with Crippen LogP contribution in [-0.4, -0.2) is 0 Å². The van der Waals surface area contributed by atoms with Gasteiger partial charge in [0, 0.05) is 16.3 Å². The minimum atomic E-state index is 0.354. The van der Waals surface area contributed by atoms with Crippen molar-refractivity contribution in [2.75, 3.05) is 5.73 Å². The van der Waals surface area contributed by atoms with Crippen molar-refractivity contribution in [3.8, 4) is 0 Å². The quantitative estimate of drug-likeness (QED) is 0.570. The molecule has 12 heavy (non-hydrogen) atoms. The summed E-state index contributed by atoms with van der Waals surface area (Å²) in [4.78, 5) is 0. The number of rotatable bonds is 1.